The predicted octanol–water partition coefficient (Wildman–Crippen LogP) is 8.53. The predicted molar refractivity (Wildman–Crippen MR) is 184 cm³/mol. The van der Waals surface area contributed by atoms with E-state index in [0.717, 1.165) is 25.7 Å². The van der Waals surface area contributed by atoms with Gasteiger partial charge < -0.3 is 33.2 Å². The molecule has 4 fully saturated rings. The Kier molecular flexibility index (Phi) is 13.5. The molecule has 20 atom stereocenters. The molecule has 8 unspecified atom stereocenters. The molecule has 0 aliphatic carbocycles. The smallest absolute Gasteiger partial charge is 0.181 e. The SMILES string of the molecule is [4H]/P=N\C1[C@H](O[C@@H]2C(CC)O[C@@H](O[C@@H]3C(CC)O[C@@H](O[C@@H]4C(CC)O[C@@H](C)C(C)[C@H]4C)C(C)[C@H]3C)C(C)[C@H]2C)OC(CC)[C@@H](C)[C@@H]1C. The molecule has 4 aliphatic rings. The van der Waals surface area contributed by atoms with Crippen molar-refractivity contribution in [2.24, 2.45) is 52.1 Å². The molecule has 4 aliphatic heterocycles. The molecule has 8 nitrogen and oxygen atoms in total. The van der Waals surface area contributed by atoms with Gasteiger partial charge in [-0.1, -0.05) is 83.1 Å². The summed E-state index contributed by atoms with van der Waals surface area (Å²) < 4.78 is 59.6. The van der Waals surface area contributed by atoms with Crippen molar-refractivity contribution in [3.8, 4) is 0 Å². The lowest BCUT2D eigenvalue weighted by Gasteiger charge is -2.51. The number of rotatable bonds is 11. The summed E-state index contributed by atoms with van der Waals surface area (Å²) in [6.45, 7) is 28.9. The lowest BCUT2D eigenvalue weighted by atomic mass is 9.80. The van der Waals surface area contributed by atoms with Gasteiger partial charge >= 0.3 is 0 Å². The van der Waals surface area contributed by atoms with Crippen molar-refractivity contribution in [1.29, 1.82) is 1.28 Å². The van der Waals surface area contributed by atoms with E-state index in [1.165, 1.54) is 0 Å². The second-order valence-electron chi connectivity index (χ2n) is 15.4. The molecule has 46 heavy (non-hydrogen) atoms. The molecule has 9 heteroatoms. The average Bonchev–Trinajstić information content (AvgIpc) is 3.06. The highest BCUT2D eigenvalue weighted by molar-refractivity contribution is 7.04. The molecular formula is C37H68NO7P. The van der Waals surface area contributed by atoms with E-state index in [9.17, 15) is 0 Å². The third-order valence-corrected chi connectivity index (χ3v) is 13.2. The Balaban J connectivity index is 1.45. The molecule has 0 radical (unpaired) electrons. The van der Waals surface area contributed by atoms with E-state index in [-0.39, 0.29) is 106 Å². The summed E-state index contributed by atoms with van der Waals surface area (Å²) in [6, 6.07) is -0.175. The van der Waals surface area contributed by atoms with E-state index in [1.807, 2.05) is 0 Å². The highest BCUT2D eigenvalue weighted by Crippen LogP contribution is 2.43. The first kappa shape index (κ1) is 37.1. The maximum atomic E-state index is 7.81. The third kappa shape index (κ3) is 7.75. The van der Waals surface area contributed by atoms with Crippen LogP contribution in [0.25, 0.3) is 0 Å². The van der Waals surface area contributed by atoms with Crippen molar-refractivity contribution in [3.63, 3.8) is 0 Å². The lowest BCUT2D eigenvalue weighted by Crippen LogP contribution is -2.59. The van der Waals surface area contributed by atoms with Crippen LogP contribution in [0.15, 0.2) is 4.74 Å². The Hall–Kier alpha value is -0.180. The van der Waals surface area contributed by atoms with Crippen molar-refractivity contribution >= 4 is 8.98 Å². The average molecular weight is 673 g/mol. The van der Waals surface area contributed by atoms with E-state index >= 15 is 0 Å². The van der Waals surface area contributed by atoms with Crippen molar-refractivity contribution in [2.45, 2.75) is 189 Å². The fourth-order valence-electron chi connectivity index (χ4n) is 8.47. The van der Waals surface area contributed by atoms with Crippen molar-refractivity contribution in [1.82, 2.24) is 0 Å². The second-order valence-corrected chi connectivity index (χ2v) is 15.7. The van der Waals surface area contributed by atoms with Gasteiger partial charge in [-0.25, -0.2) is 0 Å². The molecule has 268 valence electrons. The first-order valence-electron chi connectivity index (χ1n) is 19.2. The minimum Gasteiger partial charge on any atom is -0.372 e. The Bertz CT molecular complexity index is 988. The highest BCUT2D eigenvalue weighted by atomic mass is 31.0. The summed E-state index contributed by atoms with van der Waals surface area (Å²) in [7, 11) is 0.263. The molecular weight excluding hydrogens is 601 g/mol. The molecule has 4 rings (SSSR count). The summed E-state index contributed by atoms with van der Waals surface area (Å²) in [6.07, 6.45) is 2.22. The Morgan fingerprint density at radius 2 is 0.870 bits per heavy atom. The van der Waals surface area contributed by atoms with E-state index < -0.39 is 6.29 Å². The minimum atomic E-state index is -0.483. The quantitative estimate of drug-likeness (QED) is 0.204. The van der Waals surface area contributed by atoms with Crippen LogP contribution < -0.4 is 0 Å². The minimum absolute atomic E-state index is 0.00520. The van der Waals surface area contributed by atoms with Gasteiger partial charge in [-0.3, -0.25) is 4.74 Å². The van der Waals surface area contributed by atoms with Gasteiger partial charge in [0.25, 0.3) is 0 Å². The second kappa shape index (κ2) is 16.7. The van der Waals surface area contributed by atoms with Crippen LogP contribution in [0.3, 0.4) is 0 Å². The molecule has 4 saturated heterocycles. The first-order valence-corrected chi connectivity index (χ1v) is 19.1. The highest BCUT2D eigenvalue weighted by Gasteiger charge is 2.51. The number of nitrogens with zero attached hydrogens (tertiary/aromatic N) is 1. The van der Waals surface area contributed by atoms with Crippen LogP contribution >= 0.6 is 8.98 Å². The largest absolute Gasteiger partial charge is 0.372 e. The number of ether oxygens (including phenoxy) is 7. The summed E-state index contributed by atoms with van der Waals surface area (Å²) in [5.41, 5.74) is 0. The lowest BCUT2D eigenvalue weighted by molar-refractivity contribution is -0.352. The van der Waals surface area contributed by atoms with Crippen LogP contribution in [0.5, 0.6) is 0 Å². The fourth-order valence-corrected chi connectivity index (χ4v) is 8.79. The summed E-state index contributed by atoms with van der Waals surface area (Å²) in [4.78, 5) is 0. The zero-order valence-electron chi connectivity index (χ0n) is 32.1. The molecule has 0 amide bonds. The third-order valence-electron chi connectivity index (χ3n) is 12.9. The van der Waals surface area contributed by atoms with Gasteiger partial charge in [0, 0.05) is 11.8 Å². The van der Waals surface area contributed by atoms with Gasteiger partial charge in [0.1, 0.15) is 7.32 Å². The van der Waals surface area contributed by atoms with Gasteiger partial charge in [0.05, 0.1) is 48.8 Å². The van der Waals surface area contributed by atoms with Gasteiger partial charge in [-0.15, -0.1) is 0 Å². The van der Waals surface area contributed by atoms with Crippen LogP contribution in [-0.4, -0.2) is 75.0 Å². The van der Waals surface area contributed by atoms with Crippen LogP contribution in [0, 0.1) is 47.3 Å². The fraction of sp³-hybridized carbons (Fsp3) is 1.00. The Morgan fingerprint density at radius 3 is 1.30 bits per heavy atom. The van der Waals surface area contributed by atoms with Gasteiger partial charge in [-0.05, 0) is 77.1 Å². The van der Waals surface area contributed by atoms with Gasteiger partial charge in [-0.2, -0.15) is 0 Å². The normalized spacial score (nSPS) is 52.5. The monoisotopic (exact) mass is 672 g/mol. The molecule has 0 aromatic heterocycles. The molecule has 0 spiro atoms. The maximum Gasteiger partial charge on any atom is 0.181 e. The topological polar surface area (TPSA) is 77.0 Å². The molecule has 4 heterocycles. The molecule has 0 aromatic carbocycles. The molecule has 0 bridgehead atoms. The first-order chi connectivity index (χ1) is 22.3. The summed E-state index contributed by atoms with van der Waals surface area (Å²) in [5.74, 6) is 2.06. The van der Waals surface area contributed by atoms with Crippen LogP contribution in [0.4, 0.5) is 0 Å². The standard InChI is InChI=1S/C37H68NO7P/c1-14-27-19(6)20(7)31(38-46)37(40-27)45-34-23(10)25(12)36(42-30(34)17-4)44-33-22(9)24(11)35(41-29(33)16-3)43-32-21(8)18(5)26(13)39-28(32)15-2/h18-37,46H,14-17H2,1-13H3/t18?,19-,20-,21+,22+,23+,24?,25?,26-,27?,28?,29?,30?,31?,32-,33-,34-,35-,36-,37-/m0/s1. The zero-order valence-corrected chi connectivity index (χ0v) is 32.0. The van der Waals surface area contributed by atoms with Crippen molar-refractivity contribution < 1.29 is 33.2 Å². The van der Waals surface area contributed by atoms with Crippen molar-refractivity contribution in [3.05, 3.63) is 0 Å². The zero-order chi connectivity index (χ0) is 34.7. The molecule has 0 N–H and O–H groups in total. The molecule has 0 saturated carbocycles. The Labute approximate surface area is 284 Å². The maximum absolute atomic E-state index is 7.81. The van der Waals surface area contributed by atoms with Crippen LogP contribution in [0.2, 0.25) is 0 Å². The van der Waals surface area contributed by atoms with Gasteiger partial charge in [0.15, 0.2) is 18.9 Å². The van der Waals surface area contributed by atoms with E-state index in [0.29, 0.717) is 17.8 Å². The van der Waals surface area contributed by atoms with Crippen molar-refractivity contribution in [2.75, 3.05) is 0 Å². The Morgan fingerprint density at radius 1 is 0.478 bits per heavy atom. The number of hydrogen-bond acceptors (Lipinski definition) is 8. The summed E-state index contributed by atoms with van der Waals surface area (Å²) >= 11 is 0. The summed E-state index contributed by atoms with van der Waals surface area (Å²) in [5, 5.41) is 0. The van der Waals surface area contributed by atoms with E-state index in [1.54, 1.807) is 0 Å². The van der Waals surface area contributed by atoms with E-state index in [2.05, 4.69) is 94.8 Å². The van der Waals surface area contributed by atoms with Crippen LogP contribution in [0.1, 0.15) is 116 Å². The van der Waals surface area contributed by atoms with Crippen LogP contribution in [-0.2, 0) is 33.2 Å². The van der Waals surface area contributed by atoms with Gasteiger partial charge in [0.2, 0.25) is 0 Å². The number of hydrogen-bond donors (Lipinski definition) is 0. The molecule has 0 aromatic rings. The van der Waals surface area contributed by atoms with E-state index in [4.69, 9.17) is 34.4 Å².